The Morgan fingerprint density at radius 3 is 2.00 bits per heavy atom. The van der Waals surface area contributed by atoms with Gasteiger partial charge >= 0.3 is 0 Å². The van der Waals surface area contributed by atoms with E-state index in [9.17, 15) is 8.42 Å². The Kier molecular flexibility index (Phi) is 5.70. The van der Waals surface area contributed by atoms with Gasteiger partial charge in [-0.15, -0.1) is 0 Å². The van der Waals surface area contributed by atoms with Crippen LogP contribution >= 0.6 is 0 Å². The van der Waals surface area contributed by atoms with Gasteiger partial charge in [0, 0.05) is 18.3 Å². The standard InChI is InChI=1S/C15H29NO2S/c1-19(17,18)15-11-7-10-14(12-15)16-13-8-5-3-2-4-6-9-13/h13-16H,2-12H2,1H3. The number of nitrogens with one attached hydrogen (secondary N) is 1. The van der Waals surface area contributed by atoms with E-state index in [-0.39, 0.29) is 5.25 Å². The van der Waals surface area contributed by atoms with Crippen molar-refractivity contribution < 1.29 is 8.42 Å². The molecule has 2 aliphatic carbocycles. The molecule has 0 saturated heterocycles. The highest BCUT2D eigenvalue weighted by molar-refractivity contribution is 7.91. The summed E-state index contributed by atoms with van der Waals surface area (Å²) in [5.74, 6) is 0. The summed E-state index contributed by atoms with van der Waals surface area (Å²) in [7, 11) is -2.85. The lowest BCUT2D eigenvalue weighted by molar-refractivity contribution is 0.301. The Hall–Kier alpha value is -0.0900. The van der Waals surface area contributed by atoms with E-state index in [4.69, 9.17) is 0 Å². The maximum atomic E-state index is 11.7. The van der Waals surface area contributed by atoms with Gasteiger partial charge in [0.15, 0.2) is 0 Å². The first-order chi connectivity index (χ1) is 9.05. The second-order valence-corrected chi connectivity index (χ2v) is 8.85. The zero-order chi connectivity index (χ0) is 13.7. The fourth-order valence-corrected chi connectivity index (χ4v) is 4.82. The first-order valence-electron chi connectivity index (χ1n) is 8.00. The van der Waals surface area contributed by atoms with Gasteiger partial charge < -0.3 is 5.32 Å². The van der Waals surface area contributed by atoms with Crippen LogP contribution in [0.2, 0.25) is 0 Å². The zero-order valence-electron chi connectivity index (χ0n) is 12.2. The van der Waals surface area contributed by atoms with Crippen LogP contribution in [0, 0.1) is 0 Å². The minimum absolute atomic E-state index is 0.104. The molecule has 2 atom stereocenters. The lowest BCUT2D eigenvalue weighted by Gasteiger charge is -2.32. The monoisotopic (exact) mass is 287 g/mol. The predicted octanol–water partition coefficient (Wildman–Crippen LogP) is 3.04. The van der Waals surface area contributed by atoms with Crippen LogP contribution in [0.5, 0.6) is 0 Å². The molecular formula is C15H29NO2S. The largest absolute Gasteiger partial charge is 0.311 e. The van der Waals surface area contributed by atoms with Gasteiger partial charge in [-0.25, -0.2) is 8.42 Å². The predicted molar refractivity (Wildman–Crippen MR) is 80.1 cm³/mol. The fraction of sp³-hybridized carbons (Fsp3) is 1.00. The summed E-state index contributed by atoms with van der Waals surface area (Å²) in [5.41, 5.74) is 0. The Bertz CT molecular complexity index is 358. The lowest BCUT2D eigenvalue weighted by atomic mass is 9.91. The second-order valence-electron chi connectivity index (χ2n) is 6.52. The van der Waals surface area contributed by atoms with E-state index >= 15 is 0 Å². The summed E-state index contributed by atoms with van der Waals surface area (Å²) in [6, 6.07) is 1.06. The summed E-state index contributed by atoms with van der Waals surface area (Å²) in [6.07, 6.45) is 14.7. The SMILES string of the molecule is CS(=O)(=O)C1CCCC(NC2CCCCCCC2)C1. The lowest BCUT2D eigenvalue weighted by Crippen LogP contribution is -2.44. The third kappa shape index (κ3) is 5.07. The van der Waals surface area contributed by atoms with Crippen molar-refractivity contribution in [1.29, 1.82) is 0 Å². The van der Waals surface area contributed by atoms with Gasteiger partial charge in [-0.05, 0) is 32.1 Å². The maximum Gasteiger partial charge on any atom is 0.150 e. The van der Waals surface area contributed by atoms with E-state index in [0.717, 1.165) is 25.7 Å². The smallest absolute Gasteiger partial charge is 0.150 e. The second kappa shape index (κ2) is 7.07. The molecule has 112 valence electrons. The van der Waals surface area contributed by atoms with Gasteiger partial charge in [-0.3, -0.25) is 0 Å². The molecule has 19 heavy (non-hydrogen) atoms. The first kappa shape index (κ1) is 15.3. The molecule has 0 amide bonds. The van der Waals surface area contributed by atoms with Crippen molar-refractivity contribution in [3.8, 4) is 0 Å². The molecule has 0 aromatic carbocycles. The normalized spacial score (nSPS) is 31.6. The van der Waals surface area contributed by atoms with Crippen LogP contribution < -0.4 is 5.32 Å². The molecule has 0 aromatic rings. The molecule has 3 nitrogen and oxygen atoms in total. The Morgan fingerprint density at radius 2 is 1.37 bits per heavy atom. The van der Waals surface area contributed by atoms with Crippen LogP contribution in [0.15, 0.2) is 0 Å². The van der Waals surface area contributed by atoms with Crippen molar-refractivity contribution in [2.24, 2.45) is 0 Å². The van der Waals surface area contributed by atoms with Crippen LogP contribution in [-0.4, -0.2) is 32.0 Å². The molecule has 4 heteroatoms. The van der Waals surface area contributed by atoms with E-state index < -0.39 is 9.84 Å². The third-order valence-electron chi connectivity index (χ3n) is 4.81. The molecule has 2 fully saturated rings. The van der Waals surface area contributed by atoms with Crippen LogP contribution in [0.1, 0.15) is 70.6 Å². The van der Waals surface area contributed by atoms with E-state index in [2.05, 4.69) is 5.32 Å². The molecule has 0 spiro atoms. The first-order valence-corrected chi connectivity index (χ1v) is 9.96. The van der Waals surface area contributed by atoms with Gasteiger partial charge in [0.2, 0.25) is 0 Å². The third-order valence-corrected chi connectivity index (χ3v) is 6.45. The van der Waals surface area contributed by atoms with Crippen molar-refractivity contribution in [3.63, 3.8) is 0 Å². The molecule has 0 bridgehead atoms. The summed E-state index contributed by atoms with van der Waals surface area (Å²) >= 11 is 0. The average molecular weight is 287 g/mol. The number of rotatable bonds is 3. The summed E-state index contributed by atoms with van der Waals surface area (Å²) < 4.78 is 23.4. The Morgan fingerprint density at radius 1 is 0.789 bits per heavy atom. The highest BCUT2D eigenvalue weighted by Crippen LogP contribution is 2.26. The minimum Gasteiger partial charge on any atom is -0.311 e. The number of sulfone groups is 1. The van der Waals surface area contributed by atoms with Crippen molar-refractivity contribution in [2.45, 2.75) is 88.0 Å². The van der Waals surface area contributed by atoms with Gasteiger partial charge in [0.05, 0.1) is 5.25 Å². The molecule has 0 aliphatic heterocycles. The highest BCUT2D eigenvalue weighted by Gasteiger charge is 2.29. The highest BCUT2D eigenvalue weighted by atomic mass is 32.2. The van der Waals surface area contributed by atoms with Crippen LogP contribution in [0.4, 0.5) is 0 Å². The van der Waals surface area contributed by atoms with Crippen molar-refractivity contribution in [3.05, 3.63) is 0 Å². The van der Waals surface area contributed by atoms with E-state index in [0.29, 0.717) is 12.1 Å². The summed E-state index contributed by atoms with van der Waals surface area (Å²) in [5, 5.41) is 3.66. The van der Waals surface area contributed by atoms with Gasteiger partial charge in [-0.2, -0.15) is 0 Å². The van der Waals surface area contributed by atoms with Gasteiger partial charge in [0.25, 0.3) is 0 Å². The molecule has 1 N–H and O–H groups in total. The molecule has 2 aliphatic rings. The summed E-state index contributed by atoms with van der Waals surface area (Å²) in [4.78, 5) is 0. The zero-order valence-corrected chi connectivity index (χ0v) is 13.1. The molecule has 2 saturated carbocycles. The van der Waals surface area contributed by atoms with Crippen molar-refractivity contribution >= 4 is 9.84 Å². The van der Waals surface area contributed by atoms with Gasteiger partial charge in [-0.1, -0.05) is 38.5 Å². The number of hydrogen-bond donors (Lipinski definition) is 1. The minimum atomic E-state index is -2.85. The molecule has 0 heterocycles. The van der Waals surface area contributed by atoms with Crippen molar-refractivity contribution in [1.82, 2.24) is 5.32 Å². The van der Waals surface area contributed by atoms with E-state index in [1.54, 1.807) is 0 Å². The van der Waals surface area contributed by atoms with Crippen LogP contribution in [0.25, 0.3) is 0 Å². The summed E-state index contributed by atoms with van der Waals surface area (Å²) in [6.45, 7) is 0. The van der Waals surface area contributed by atoms with E-state index in [1.807, 2.05) is 0 Å². The average Bonchev–Trinajstić information content (AvgIpc) is 2.32. The molecule has 2 rings (SSSR count). The topological polar surface area (TPSA) is 46.2 Å². The van der Waals surface area contributed by atoms with Crippen LogP contribution in [0.3, 0.4) is 0 Å². The maximum absolute atomic E-state index is 11.7. The molecule has 0 radical (unpaired) electrons. The van der Waals surface area contributed by atoms with Gasteiger partial charge in [0.1, 0.15) is 9.84 Å². The fourth-order valence-electron chi connectivity index (χ4n) is 3.64. The molecular weight excluding hydrogens is 258 g/mol. The molecule has 2 unspecified atom stereocenters. The van der Waals surface area contributed by atoms with Crippen LogP contribution in [-0.2, 0) is 9.84 Å². The quantitative estimate of drug-likeness (QED) is 0.868. The van der Waals surface area contributed by atoms with E-state index in [1.165, 1.54) is 51.2 Å². The Labute approximate surface area is 118 Å². The molecule has 0 aromatic heterocycles. The van der Waals surface area contributed by atoms with Crippen molar-refractivity contribution in [2.75, 3.05) is 6.26 Å². The number of hydrogen-bond acceptors (Lipinski definition) is 3. The Balaban J connectivity index is 1.83.